The number of aliphatic hydroxyl groups is 3. The molecule has 0 radical (unpaired) electrons. The molecule has 5 fully saturated rings. The van der Waals surface area contributed by atoms with Crippen molar-refractivity contribution >= 4 is 38.2 Å². The van der Waals surface area contributed by atoms with Gasteiger partial charge in [0, 0.05) is 43.9 Å². The maximum absolute atomic E-state index is 14.5. The molecule has 5 N–H and O–H groups in total. The highest BCUT2D eigenvalue weighted by atomic mass is 28.4. The number of hydrogen-bond donors (Lipinski definition) is 5. The molecule has 2 aliphatic heterocycles. The summed E-state index contributed by atoms with van der Waals surface area (Å²) in [7, 11) is -0.544. The van der Waals surface area contributed by atoms with Crippen molar-refractivity contribution in [3.05, 3.63) is 89.5 Å². The van der Waals surface area contributed by atoms with Gasteiger partial charge in [-0.25, -0.2) is 14.4 Å². The standard InChI is InChI=1S/C66H96N2O18Si/c1-14-31-78-61(74)67-34-41-16-18-42(19-17-41)35-68-62(75)82-52-37-80-59(56(54(52)72)84-58(73)43-20-23-45(77-11)24-21-43)85-55-51(71)36-79-60(57(55)81-40(5)69)83-53-33-49-47-25-22-44-32-46(86-87(12,13)63(6,7)8)27-29-64(44,9)48(47)28-30-65(49,10)66(53,76)39(4)50(70)26-15-38(2)3/h14,16-24,38-39,46-49,51-57,59-60,71-72,76H,1,15,25-37H2,2-13H3,(H,67,74)(H,68,75)/t39-,46+,47-,48?,49+,51+,52-,53+,54+,55+,56-,57-,59+,60+,64+,65+,66-/m1/s1. The number of alkyl carbamates (subject to hydrolysis) is 2. The molecule has 17 atom stereocenters. The Balaban J connectivity index is 1.03. The lowest BCUT2D eigenvalue weighted by Crippen LogP contribution is -2.64. The quantitative estimate of drug-likeness (QED) is 0.0318. The first kappa shape index (κ1) is 67.7. The molecular weight excluding hydrogens is 1140 g/mol. The van der Waals surface area contributed by atoms with Crippen molar-refractivity contribution in [2.75, 3.05) is 26.9 Å². The Labute approximate surface area is 514 Å². The van der Waals surface area contributed by atoms with Gasteiger partial charge in [0.1, 0.15) is 42.1 Å². The molecule has 6 aliphatic rings. The zero-order valence-corrected chi connectivity index (χ0v) is 54.0. The highest BCUT2D eigenvalue weighted by Crippen LogP contribution is 2.69. The second-order valence-electron chi connectivity index (χ2n) is 27.4. The van der Waals surface area contributed by atoms with E-state index in [9.17, 15) is 39.3 Å². The normalized spacial score (nSPS) is 33.5. The number of carbonyl (C=O) groups excluding carboxylic acids is 5. The molecule has 3 saturated carbocycles. The van der Waals surface area contributed by atoms with Crippen LogP contribution in [0.3, 0.4) is 0 Å². The lowest BCUT2D eigenvalue weighted by molar-refractivity contribution is -0.345. The van der Waals surface area contributed by atoms with Gasteiger partial charge in [-0.3, -0.25) is 9.59 Å². The molecule has 4 aliphatic carbocycles. The molecule has 2 aromatic carbocycles. The van der Waals surface area contributed by atoms with Gasteiger partial charge >= 0.3 is 24.1 Å². The number of hydrogen-bond acceptors (Lipinski definition) is 18. The predicted octanol–water partition coefficient (Wildman–Crippen LogP) is 9.40. The number of ether oxygens (including phenoxy) is 9. The first-order valence-electron chi connectivity index (χ1n) is 31.1. The average molecular weight is 1230 g/mol. The van der Waals surface area contributed by atoms with E-state index in [-0.39, 0.29) is 71.8 Å². The van der Waals surface area contributed by atoms with Crippen LogP contribution in [0.15, 0.2) is 72.8 Å². The molecule has 2 saturated heterocycles. The number of fused-ring (bicyclic) bond motifs is 5. The number of ketones is 1. The fourth-order valence-corrected chi connectivity index (χ4v) is 15.7. The minimum absolute atomic E-state index is 0.0142. The molecule has 2 aromatic rings. The molecule has 2 amide bonds. The second-order valence-corrected chi connectivity index (χ2v) is 32.1. The SMILES string of the molecule is C=CCOC(=O)NCc1ccc(CNC(=O)O[C@@H]2CO[C@@H](O[C@@H]3[C@@H](OC(C)=O)[C@H](O[C@H]4C[C@H]5[C@@H]6CC=C7C[C@@H](O[Si](C)(C)C(C)(C)C)CC[C@]7(C)C6CC[C@]5(C)[C@@]4(O)[C@H](C)C(=O)CCC(C)C)OC[C@@H]3O)[C@H](OC(=O)c3ccc(OC)cc3)[C@H]2O)cc1. The molecule has 8 rings (SSSR count). The van der Waals surface area contributed by atoms with Gasteiger partial charge in [0.2, 0.25) is 0 Å². The highest BCUT2D eigenvalue weighted by Gasteiger charge is 2.71. The lowest BCUT2D eigenvalue weighted by atomic mass is 9.46. The molecule has 1 unspecified atom stereocenters. The van der Waals surface area contributed by atoms with E-state index in [1.807, 2.05) is 0 Å². The molecule has 0 bridgehead atoms. The smallest absolute Gasteiger partial charge is 0.407 e. The number of nitrogens with one attached hydrogen (secondary N) is 2. The first-order valence-corrected chi connectivity index (χ1v) is 34.0. The van der Waals surface area contributed by atoms with Gasteiger partial charge in [0.05, 0.1) is 32.0 Å². The zero-order chi connectivity index (χ0) is 63.4. The van der Waals surface area contributed by atoms with Gasteiger partial charge in [-0.2, -0.15) is 0 Å². The van der Waals surface area contributed by atoms with E-state index in [0.29, 0.717) is 36.5 Å². The number of amides is 2. The van der Waals surface area contributed by atoms with Crippen molar-refractivity contribution in [2.24, 2.45) is 40.4 Å². The van der Waals surface area contributed by atoms with E-state index in [4.69, 9.17) is 47.1 Å². The minimum atomic E-state index is -2.02. The van der Waals surface area contributed by atoms with Crippen LogP contribution in [0.4, 0.5) is 9.59 Å². The Morgan fingerprint density at radius 3 is 2.09 bits per heavy atom. The third kappa shape index (κ3) is 14.8. The van der Waals surface area contributed by atoms with Crippen molar-refractivity contribution in [3.8, 4) is 5.75 Å². The minimum Gasteiger partial charge on any atom is -0.497 e. The molecule has 20 nitrogen and oxygen atoms in total. The van der Waals surface area contributed by atoms with E-state index >= 15 is 0 Å². The van der Waals surface area contributed by atoms with Crippen LogP contribution in [-0.4, -0.2) is 147 Å². The van der Waals surface area contributed by atoms with Gasteiger partial charge in [-0.05, 0) is 134 Å². The van der Waals surface area contributed by atoms with Gasteiger partial charge in [0.15, 0.2) is 39.2 Å². The average Bonchev–Trinajstić information content (AvgIpc) is 1.59. The van der Waals surface area contributed by atoms with Crippen LogP contribution in [0, 0.1) is 40.4 Å². The second kappa shape index (κ2) is 27.9. The molecule has 482 valence electrons. The fourth-order valence-electron chi connectivity index (χ4n) is 14.4. The molecule has 21 heteroatoms. The van der Waals surface area contributed by atoms with Crippen LogP contribution < -0.4 is 15.4 Å². The van der Waals surface area contributed by atoms with Crippen LogP contribution in [0.25, 0.3) is 0 Å². The van der Waals surface area contributed by atoms with Crippen molar-refractivity contribution in [3.63, 3.8) is 0 Å². The summed E-state index contributed by atoms with van der Waals surface area (Å²) in [6.07, 6.45) is -4.76. The topological polar surface area (TPSA) is 262 Å². The van der Waals surface area contributed by atoms with Crippen LogP contribution in [0.5, 0.6) is 5.75 Å². The Hall–Kier alpha value is -5.23. The van der Waals surface area contributed by atoms with E-state index in [1.165, 1.54) is 37.8 Å². The number of aliphatic hydroxyl groups excluding tert-OH is 2. The summed E-state index contributed by atoms with van der Waals surface area (Å²) in [4.78, 5) is 66.9. The Morgan fingerprint density at radius 2 is 1.47 bits per heavy atom. The van der Waals surface area contributed by atoms with E-state index < -0.39 is 118 Å². The summed E-state index contributed by atoms with van der Waals surface area (Å²) in [6.45, 7) is 26.0. The van der Waals surface area contributed by atoms with Gasteiger partial charge in [-0.1, -0.05) is 104 Å². The van der Waals surface area contributed by atoms with Crippen LogP contribution in [0.1, 0.15) is 142 Å². The summed E-state index contributed by atoms with van der Waals surface area (Å²) in [6, 6.07) is 13.0. The van der Waals surface area contributed by atoms with E-state index in [2.05, 4.69) is 84.8 Å². The fraction of sp³-hybridized carbons (Fsp3) is 0.682. The third-order valence-corrected chi connectivity index (χ3v) is 25.0. The van der Waals surface area contributed by atoms with Crippen LogP contribution in [0.2, 0.25) is 18.1 Å². The maximum atomic E-state index is 14.5. The number of benzene rings is 2. The van der Waals surface area contributed by atoms with Crippen molar-refractivity contribution in [1.82, 2.24) is 10.6 Å². The van der Waals surface area contributed by atoms with Crippen LogP contribution in [-0.2, 0) is 65.0 Å². The number of Topliss-reactive ketones (excluding diaryl/α,β-unsaturated/α-hetero) is 1. The Kier molecular flexibility index (Phi) is 21.7. The first-order chi connectivity index (χ1) is 41.0. The largest absolute Gasteiger partial charge is 0.497 e. The van der Waals surface area contributed by atoms with Gasteiger partial charge in [0.25, 0.3) is 0 Å². The predicted molar refractivity (Wildman–Crippen MR) is 323 cm³/mol. The Morgan fingerprint density at radius 1 is 0.828 bits per heavy atom. The number of allylic oxidation sites excluding steroid dienone is 1. The van der Waals surface area contributed by atoms with Crippen molar-refractivity contribution in [2.45, 2.75) is 218 Å². The monoisotopic (exact) mass is 1230 g/mol. The number of carbonyl (C=O) groups is 5. The Bertz CT molecular complexity index is 2770. The number of esters is 2. The van der Waals surface area contributed by atoms with E-state index in [1.54, 1.807) is 43.3 Å². The van der Waals surface area contributed by atoms with Crippen molar-refractivity contribution in [1.29, 1.82) is 0 Å². The summed E-state index contributed by atoms with van der Waals surface area (Å²) >= 11 is 0. The number of methoxy groups -OCH3 is 1. The van der Waals surface area contributed by atoms with Crippen LogP contribution >= 0.6 is 0 Å². The lowest BCUT2D eigenvalue weighted by Gasteiger charge is -2.60. The maximum Gasteiger partial charge on any atom is 0.407 e. The van der Waals surface area contributed by atoms with Crippen molar-refractivity contribution < 1.29 is 86.4 Å². The summed E-state index contributed by atoms with van der Waals surface area (Å²) in [5.41, 5.74) is 0.379. The highest BCUT2D eigenvalue weighted by molar-refractivity contribution is 6.74. The van der Waals surface area contributed by atoms with E-state index in [0.717, 1.165) is 37.7 Å². The third-order valence-electron chi connectivity index (χ3n) is 20.5. The van der Waals surface area contributed by atoms with Gasteiger partial charge < -0.3 is 73.0 Å². The molecule has 87 heavy (non-hydrogen) atoms. The number of rotatable bonds is 22. The molecule has 2 heterocycles. The summed E-state index contributed by atoms with van der Waals surface area (Å²) in [5.74, 6) is -1.57. The molecule has 0 aromatic heterocycles. The molecular formula is C66H96N2O18Si. The summed E-state index contributed by atoms with van der Waals surface area (Å²) < 4.78 is 60.8. The zero-order valence-electron chi connectivity index (χ0n) is 53.0. The molecule has 0 spiro atoms. The summed E-state index contributed by atoms with van der Waals surface area (Å²) in [5, 5.41) is 43.1. The van der Waals surface area contributed by atoms with Gasteiger partial charge in [-0.15, -0.1) is 0 Å².